The largest absolute Gasteiger partial charge is 0.372 e. The molecule has 0 radical (unpaired) electrons. The van der Waals surface area contributed by atoms with Crippen LogP contribution < -0.4 is 10.6 Å². The van der Waals surface area contributed by atoms with Crippen molar-refractivity contribution in [1.82, 2.24) is 0 Å². The molecular formula is C12H16BrFN2. The molecule has 1 aliphatic rings. The van der Waals surface area contributed by atoms with E-state index in [0.717, 1.165) is 23.9 Å². The molecular weight excluding hydrogens is 271 g/mol. The molecule has 16 heavy (non-hydrogen) atoms. The normalized spacial score (nSPS) is 17.2. The first-order valence-electron chi connectivity index (χ1n) is 5.43. The first kappa shape index (κ1) is 11.9. The number of anilines is 1. The van der Waals surface area contributed by atoms with E-state index in [-0.39, 0.29) is 11.2 Å². The maximum Gasteiger partial charge on any atom is 0.146 e. The summed E-state index contributed by atoms with van der Waals surface area (Å²) in [5.74, 6) is -0.182. The molecule has 4 heteroatoms. The molecule has 0 heterocycles. The summed E-state index contributed by atoms with van der Waals surface area (Å²) < 4.78 is 14.5. The number of hydrogen-bond acceptors (Lipinski definition) is 2. The second-order valence-electron chi connectivity index (χ2n) is 4.66. The van der Waals surface area contributed by atoms with E-state index in [4.69, 9.17) is 5.73 Å². The molecule has 0 spiro atoms. The van der Waals surface area contributed by atoms with Crippen molar-refractivity contribution in [2.45, 2.75) is 12.8 Å². The van der Waals surface area contributed by atoms with E-state index < -0.39 is 0 Å². The fourth-order valence-electron chi connectivity index (χ4n) is 1.97. The van der Waals surface area contributed by atoms with Crippen molar-refractivity contribution < 1.29 is 4.39 Å². The van der Waals surface area contributed by atoms with Gasteiger partial charge in [-0.05, 0) is 37.6 Å². The number of nitrogens with two attached hydrogens (primary N) is 1. The van der Waals surface area contributed by atoms with Gasteiger partial charge in [0, 0.05) is 23.5 Å². The van der Waals surface area contributed by atoms with Gasteiger partial charge in [0.05, 0.1) is 5.69 Å². The van der Waals surface area contributed by atoms with Crippen molar-refractivity contribution >= 4 is 21.6 Å². The predicted molar refractivity (Wildman–Crippen MR) is 68.1 cm³/mol. The van der Waals surface area contributed by atoms with Crippen LogP contribution in [0.15, 0.2) is 22.7 Å². The molecule has 1 fully saturated rings. The molecule has 2 nitrogen and oxygen atoms in total. The molecule has 1 saturated carbocycles. The van der Waals surface area contributed by atoms with Crippen molar-refractivity contribution in [3.63, 3.8) is 0 Å². The van der Waals surface area contributed by atoms with Gasteiger partial charge in [0.15, 0.2) is 0 Å². The van der Waals surface area contributed by atoms with Crippen LogP contribution in [-0.4, -0.2) is 20.1 Å². The Labute approximate surface area is 104 Å². The summed E-state index contributed by atoms with van der Waals surface area (Å²) in [5.41, 5.74) is 6.59. The quantitative estimate of drug-likeness (QED) is 0.922. The maximum atomic E-state index is 13.6. The van der Waals surface area contributed by atoms with Crippen LogP contribution in [0.3, 0.4) is 0 Å². The average molecular weight is 287 g/mol. The lowest BCUT2D eigenvalue weighted by Gasteiger charge is -2.25. The first-order valence-corrected chi connectivity index (χ1v) is 6.22. The van der Waals surface area contributed by atoms with Gasteiger partial charge in [-0.1, -0.05) is 15.9 Å². The molecule has 2 rings (SSSR count). The molecule has 1 aliphatic carbocycles. The zero-order valence-corrected chi connectivity index (χ0v) is 10.9. The monoisotopic (exact) mass is 286 g/mol. The number of rotatable bonds is 4. The summed E-state index contributed by atoms with van der Waals surface area (Å²) in [6.07, 6.45) is 2.31. The lowest BCUT2D eigenvalue weighted by atomic mass is 10.1. The van der Waals surface area contributed by atoms with Crippen LogP contribution in [0, 0.1) is 11.2 Å². The van der Waals surface area contributed by atoms with Crippen molar-refractivity contribution in [3.8, 4) is 0 Å². The number of benzene rings is 1. The SMILES string of the molecule is CN(CC1(CN)CC1)c1cc(Br)ccc1F. The zero-order chi connectivity index (χ0) is 11.8. The molecule has 1 aromatic carbocycles. The standard InChI is InChI=1S/C12H16BrFN2/c1-16(8-12(7-15)4-5-12)11-6-9(13)2-3-10(11)14/h2-3,6H,4-5,7-8,15H2,1H3. The highest BCUT2D eigenvalue weighted by Gasteiger charge is 2.42. The molecule has 88 valence electrons. The Balaban J connectivity index is 2.14. The summed E-state index contributed by atoms with van der Waals surface area (Å²) >= 11 is 3.36. The van der Waals surface area contributed by atoms with Gasteiger partial charge in [0.25, 0.3) is 0 Å². The first-order chi connectivity index (χ1) is 7.56. The molecule has 1 aromatic rings. The van der Waals surface area contributed by atoms with Gasteiger partial charge < -0.3 is 10.6 Å². The molecule has 0 unspecified atom stereocenters. The van der Waals surface area contributed by atoms with Gasteiger partial charge in [-0.25, -0.2) is 4.39 Å². The van der Waals surface area contributed by atoms with E-state index in [1.54, 1.807) is 6.07 Å². The molecule has 2 N–H and O–H groups in total. The summed E-state index contributed by atoms with van der Waals surface area (Å²) in [4.78, 5) is 1.96. The third-order valence-electron chi connectivity index (χ3n) is 3.28. The third kappa shape index (κ3) is 2.38. The molecule has 0 saturated heterocycles. The van der Waals surface area contributed by atoms with E-state index in [2.05, 4.69) is 15.9 Å². The van der Waals surface area contributed by atoms with Crippen LogP contribution in [0.4, 0.5) is 10.1 Å². The van der Waals surface area contributed by atoms with Gasteiger partial charge in [0.2, 0.25) is 0 Å². The third-order valence-corrected chi connectivity index (χ3v) is 3.78. The predicted octanol–water partition coefficient (Wildman–Crippen LogP) is 2.76. The average Bonchev–Trinajstić information content (AvgIpc) is 3.02. The van der Waals surface area contributed by atoms with Crippen molar-refractivity contribution in [2.24, 2.45) is 11.1 Å². The Kier molecular flexibility index (Phi) is 3.22. The highest BCUT2D eigenvalue weighted by molar-refractivity contribution is 9.10. The second-order valence-corrected chi connectivity index (χ2v) is 5.57. The highest BCUT2D eigenvalue weighted by Crippen LogP contribution is 2.45. The van der Waals surface area contributed by atoms with Crippen LogP contribution in [0.25, 0.3) is 0 Å². The Morgan fingerprint density at radius 2 is 2.19 bits per heavy atom. The highest BCUT2D eigenvalue weighted by atomic mass is 79.9. The molecule has 0 amide bonds. The summed E-state index contributed by atoms with van der Waals surface area (Å²) in [6.45, 7) is 1.52. The van der Waals surface area contributed by atoms with E-state index in [1.807, 2.05) is 18.0 Å². The van der Waals surface area contributed by atoms with Crippen LogP contribution in [0.5, 0.6) is 0 Å². The lowest BCUT2D eigenvalue weighted by Crippen LogP contribution is -2.31. The molecule has 0 aromatic heterocycles. The minimum Gasteiger partial charge on any atom is -0.372 e. The van der Waals surface area contributed by atoms with Gasteiger partial charge in [-0.2, -0.15) is 0 Å². The molecule has 0 atom stereocenters. The summed E-state index contributed by atoms with van der Waals surface area (Å²) in [6, 6.07) is 5.00. The summed E-state index contributed by atoms with van der Waals surface area (Å²) in [5, 5.41) is 0. The minimum atomic E-state index is -0.182. The maximum absolute atomic E-state index is 13.6. The van der Waals surface area contributed by atoms with Crippen LogP contribution >= 0.6 is 15.9 Å². The van der Waals surface area contributed by atoms with Crippen molar-refractivity contribution in [1.29, 1.82) is 0 Å². The van der Waals surface area contributed by atoms with Crippen molar-refractivity contribution in [3.05, 3.63) is 28.5 Å². The van der Waals surface area contributed by atoms with Gasteiger partial charge >= 0.3 is 0 Å². The van der Waals surface area contributed by atoms with Gasteiger partial charge in [-0.15, -0.1) is 0 Å². The fourth-order valence-corrected chi connectivity index (χ4v) is 2.32. The van der Waals surface area contributed by atoms with E-state index in [0.29, 0.717) is 12.2 Å². The molecule has 0 bridgehead atoms. The Bertz CT molecular complexity index is 391. The fraction of sp³-hybridized carbons (Fsp3) is 0.500. The topological polar surface area (TPSA) is 29.3 Å². The van der Waals surface area contributed by atoms with Crippen molar-refractivity contribution in [2.75, 3.05) is 25.0 Å². The van der Waals surface area contributed by atoms with E-state index in [1.165, 1.54) is 6.07 Å². The second kappa shape index (κ2) is 4.34. The van der Waals surface area contributed by atoms with Gasteiger partial charge in [0.1, 0.15) is 5.82 Å². The minimum absolute atomic E-state index is 0.182. The van der Waals surface area contributed by atoms with Crippen LogP contribution in [-0.2, 0) is 0 Å². The number of nitrogens with zero attached hydrogens (tertiary/aromatic N) is 1. The Hall–Kier alpha value is -0.610. The lowest BCUT2D eigenvalue weighted by molar-refractivity contribution is 0.517. The Morgan fingerprint density at radius 3 is 2.75 bits per heavy atom. The van der Waals surface area contributed by atoms with Crippen LogP contribution in [0.2, 0.25) is 0 Å². The number of halogens is 2. The molecule has 0 aliphatic heterocycles. The van der Waals surface area contributed by atoms with Gasteiger partial charge in [-0.3, -0.25) is 0 Å². The van der Waals surface area contributed by atoms with Crippen LogP contribution in [0.1, 0.15) is 12.8 Å². The Morgan fingerprint density at radius 1 is 1.50 bits per heavy atom. The zero-order valence-electron chi connectivity index (χ0n) is 9.34. The van der Waals surface area contributed by atoms with E-state index >= 15 is 0 Å². The van der Waals surface area contributed by atoms with E-state index in [9.17, 15) is 4.39 Å². The number of hydrogen-bond donors (Lipinski definition) is 1. The summed E-state index contributed by atoms with van der Waals surface area (Å²) in [7, 11) is 1.92. The smallest absolute Gasteiger partial charge is 0.146 e.